The van der Waals surface area contributed by atoms with Crippen LogP contribution in [-0.4, -0.2) is 23.2 Å². The summed E-state index contributed by atoms with van der Waals surface area (Å²) in [5.74, 6) is 0.203. The zero-order valence-electron chi connectivity index (χ0n) is 17.9. The smallest absolute Gasteiger partial charge is 0.293 e. The average molecular weight is 563 g/mol. The van der Waals surface area contributed by atoms with Crippen LogP contribution in [0.15, 0.2) is 70.0 Å². The molecule has 0 N–H and O–H groups in total. The number of carbonyl (C=O) groups excluding carboxylic acids is 2. The van der Waals surface area contributed by atoms with E-state index in [1.54, 1.807) is 42.5 Å². The highest BCUT2D eigenvalue weighted by Crippen LogP contribution is 2.39. The Labute approximate surface area is 213 Å². The van der Waals surface area contributed by atoms with Crippen molar-refractivity contribution in [2.24, 2.45) is 0 Å². The van der Waals surface area contributed by atoms with Crippen molar-refractivity contribution in [3.8, 4) is 11.5 Å². The molecule has 2 amide bonds. The lowest BCUT2D eigenvalue weighted by molar-refractivity contribution is -0.123. The number of hydrogen-bond acceptors (Lipinski definition) is 5. The molecule has 0 aliphatic carbocycles. The van der Waals surface area contributed by atoms with E-state index in [-0.39, 0.29) is 22.5 Å². The molecule has 0 aromatic heterocycles. The van der Waals surface area contributed by atoms with E-state index in [4.69, 9.17) is 21.1 Å². The Morgan fingerprint density at radius 3 is 2.41 bits per heavy atom. The maximum absolute atomic E-state index is 13.1. The average Bonchev–Trinajstić information content (AvgIpc) is 3.07. The number of ether oxygens (including phenoxy) is 2. The number of carbonyl (C=O) groups is 2. The lowest BCUT2D eigenvalue weighted by Crippen LogP contribution is -2.27. The van der Waals surface area contributed by atoms with E-state index in [9.17, 15) is 14.0 Å². The van der Waals surface area contributed by atoms with Gasteiger partial charge >= 0.3 is 0 Å². The number of imide groups is 1. The van der Waals surface area contributed by atoms with Crippen LogP contribution in [0.3, 0.4) is 0 Å². The molecule has 9 heteroatoms. The first-order valence-corrected chi connectivity index (χ1v) is 12.1. The van der Waals surface area contributed by atoms with Gasteiger partial charge in [-0.15, -0.1) is 0 Å². The van der Waals surface area contributed by atoms with Gasteiger partial charge in [0.2, 0.25) is 0 Å². The predicted molar refractivity (Wildman–Crippen MR) is 134 cm³/mol. The largest absolute Gasteiger partial charge is 0.493 e. The summed E-state index contributed by atoms with van der Waals surface area (Å²) in [4.78, 5) is 26.7. The third-order valence-electron chi connectivity index (χ3n) is 4.97. The number of benzene rings is 3. The number of hydrogen-bond donors (Lipinski definition) is 0. The van der Waals surface area contributed by atoms with Crippen molar-refractivity contribution in [3.63, 3.8) is 0 Å². The van der Waals surface area contributed by atoms with Crippen LogP contribution < -0.4 is 9.47 Å². The van der Waals surface area contributed by atoms with Gasteiger partial charge in [0.1, 0.15) is 12.4 Å². The van der Waals surface area contributed by atoms with Crippen LogP contribution in [-0.2, 0) is 17.9 Å². The summed E-state index contributed by atoms with van der Waals surface area (Å²) in [5.41, 5.74) is 2.27. The first-order chi connectivity index (χ1) is 16.3. The fraction of sp³-hybridized carbons (Fsp3) is 0.120. The molecule has 3 aromatic carbocycles. The standard InChI is InChI=1S/C25H18BrClFNO4S/c1-32-21-11-17(10-20(26)23(21)33-14-16-2-6-18(27)7-3-16)12-22-24(30)29(25(31)34-22)13-15-4-8-19(28)9-5-15/h2-12H,13-14H2,1H3/b22-12+. The fourth-order valence-corrected chi connectivity index (χ4v) is 4.80. The molecule has 34 heavy (non-hydrogen) atoms. The van der Waals surface area contributed by atoms with Crippen molar-refractivity contribution in [2.45, 2.75) is 13.2 Å². The van der Waals surface area contributed by atoms with Crippen LogP contribution in [0.5, 0.6) is 11.5 Å². The first kappa shape index (κ1) is 24.3. The van der Waals surface area contributed by atoms with Gasteiger partial charge in [-0.2, -0.15) is 0 Å². The Balaban J connectivity index is 1.52. The van der Waals surface area contributed by atoms with Gasteiger partial charge in [-0.05, 0) is 86.9 Å². The van der Waals surface area contributed by atoms with Gasteiger partial charge in [0, 0.05) is 5.02 Å². The molecule has 0 atom stereocenters. The molecular formula is C25H18BrClFNO4S. The second-order valence-electron chi connectivity index (χ2n) is 7.34. The minimum atomic E-state index is -0.405. The monoisotopic (exact) mass is 561 g/mol. The summed E-state index contributed by atoms with van der Waals surface area (Å²) >= 11 is 10.3. The zero-order chi connectivity index (χ0) is 24.2. The van der Waals surface area contributed by atoms with Crippen molar-refractivity contribution in [2.75, 3.05) is 7.11 Å². The molecule has 0 saturated carbocycles. The lowest BCUT2D eigenvalue weighted by atomic mass is 10.1. The van der Waals surface area contributed by atoms with Gasteiger partial charge in [0.15, 0.2) is 11.5 Å². The summed E-state index contributed by atoms with van der Waals surface area (Å²) in [7, 11) is 1.53. The van der Waals surface area contributed by atoms with E-state index in [0.717, 1.165) is 22.2 Å². The Hall–Kier alpha value is -2.81. The van der Waals surface area contributed by atoms with E-state index in [1.165, 1.54) is 19.2 Å². The number of halogens is 3. The van der Waals surface area contributed by atoms with Gasteiger partial charge < -0.3 is 9.47 Å². The highest BCUT2D eigenvalue weighted by molar-refractivity contribution is 9.10. The zero-order valence-corrected chi connectivity index (χ0v) is 21.0. The Bertz CT molecular complexity index is 1270. The number of rotatable bonds is 7. The molecule has 5 nitrogen and oxygen atoms in total. The van der Waals surface area contributed by atoms with E-state index < -0.39 is 5.91 Å². The normalized spacial score (nSPS) is 14.7. The highest BCUT2D eigenvalue weighted by Gasteiger charge is 2.35. The summed E-state index contributed by atoms with van der Waals surface area (Å²) in [5, 5.41) is 0.267. The molecule has 1 fully saturated rings. The quantitative estimate of drug-likeness (QED) is 0.288. The van der Waals surface area contributed by atoms with E-state index in [2.05, 4.69) is 15.9 Å². The van der Waals surface area contributed by atoms with Crippen LogP contribution in [0.25, 0.3) is 6.08 Å². The SMILES string of the molecule is COc1cc(/C=C2/SC(=O)N(Cc3ccc(F)cc3)C2=O)cc(Br)c1OCc1ccc(Cl)cc1. The summed E-state index contributed by atoms with van der Waals surface area (Å²) in [6.45, 7) is 0.389. The van der Waals surface area contributed by atoms with E-state index in [1.807, 2.05) is 12.1 Å². The molecule has 0 bridgehead atoms. The summed E-state index contributed by atoms with van der Waals surface area (Å²) in [6.07, 6.45) is 1.63. The first-order valence-electron chi connectivity index (χ1n) is 10.1. The van der Waals surface area contributed by atoms with E-state index >= 15 is 0 Å². The van der Waals surface area contributed by atoms with Gasteiger partial charge in [0.05, 0.1) is 23.0 Å². The fourth-order valence-electron chi connectivity index (χ4n) is 3.26. The van der Waals surface area contributed by atoms with Crippen LogP contribution in [0.2, 0.25) is 5.02 Å². The molecule has 0 spiro atoms. The molecule has 1 saturated heterocycles. The Morgan fingerprint density at radius 2 is 1.74 bits per heavy atom. The number of nitrogens with zero attached hydrogens (tertiary/aromatic N) is 1. The van der Waals surface area contributed by atoms with E-state index in [0.29, 0.717) is 38.7 Å². The molecule has 0 unspecified atom stereocenters. The summed E-state index contributed by atoms with van der Waals surface area (Å²) < 4.78 is 25.2. The van der Waals surface area contributed by atoms with Crippen molar-refractivity contribution >= 4 is 56.5 Å². The molecule has 174 valence electrons. The minimum Gasteiger partial charge on any atom is -0.493 e. The maximum atomic E-state index is 13.1. The van der Waals surface area contributed by atoms with Crippen LogP contribution >= 0.6 is 39.3 Å². The highest BCUT2D eigenvalue weighted by atomic mass is 79.9. The van der Waals surface area contributed by atoms with Crippen LogP contribution in [0.4, 0.5) is 9.18 Å². The number of thioether (sulfide) groups is 1. The van der Waals surface area contributed by atoms with Gasteiger partial charge in [-0.25, -0.2) is 4.39 Å². The topological polar surface area (TPSA) is 55.8 Å². The second kappa shape index (κ2) is 10.6. The van der Waals surface area contributed by atoms with Crippen molar-refractivity contribution < 1.29 is 23.5 Å². The number of methoxy groups -OCH3 is 1. The number of amides is 2. The summed E-state index contributed by atoms with van der Waals surface area (Å²) in [6, 6.07) is 16.5. The molecule has 0 radical (unpaired) electrons. The molecule has 4 rings (SSSR count). The predicted octanol–water partition coefficient (Wildman–Crippen LogP) is 7.07. The van der Waals surface area contributed by atoms with Crippen LogP contribution in [0.1, 0.15) is 16.7 Å². The van der Waals surface area contributed by atoms with Gasteiger partial charge in [0.25, 0.3) is 11.1 Å². The van der Waals surface area contributed by atoms with Gasteiger partial charge in [-0.1, -0.05) is 35.9 Å². The molecule has 3 aromatic rings. The van der Waals surface area contributed by atoms with Gasteiger partial charge in [-0.3, -0.25) is 14.5 Å². The Kier molecular flexibility index (Phi) is 7.60. The van der Waals surface area contributed by atoms with Crippen molar-refractivity contribution in [1.29, 1.82) is 0 Å². The van der Waals surface area contributed by atoms with Crippen molar-refractivity contribution in [3.05, 3.63) is 97.6 Å². The molecule has 1 aliphatic heterocycles. The molecule has 1 heterocycles. The second-order valence-corrected chi connectivity index (χ2v) is 9.63. The molecular weight excluding hydrogens is 545 g/mol. The van der Waals surface area contributed by atoms with Crippen LogP contribution in [0, 0.1) is 5.82 Å². The maximum Gasteiger partial charge on any atom is 0.293 e. The lowest BCUT2D eigenvalue weighted by Gasteiger charge is -2.14. The van der Waals surface area contributed by atoms with Crippen molar-refractivity contribution in [1.82, 2.24) is 4.90 Å². The third kappa shape index (κ3) is 5.63. The molecule has 1 aliphatic rings. The third-order valence-corrected chi connectivity index (χ3v) is 6.72. The Morgan fingerprint density at radius 1 is 1.06 bits per heavy atom. The minimum absolute atomic E-state index is 0.0762.